The molecule has 114 valence electrons. The highest BCUT2D eigenvalue weighted by Gasteiger charge is 2.32. The Hall–Kier alpha value is -1.98. The van der Waals surface area contributed by atoms with Crippen LogP contribution >= 0.6 is 0 Å². The van der Waals surface area contributed by atoms with E-state index in [0.717, 1.165) is 29.7 Å². The van der Waals surface area contributed by atoms with Crippen LogP contribution in [-0.4, -0.2) is 47.5 Å². The van der Waals surface area contributed by atoms with Gasteiger partial charge < -0.3 is 10.6 Å². The molecule has 2 bridgehead atoms. The molecule has 2 aromatic rings. The van der Waals surface area contributed by atoms with E-state index in [2.05, 4.69) is 20.5 Å². The van der Waals surface area contributed by atoms with E-state index in [1.165, 1.54) is 12.8 Å². The van der Waals surface area contributed by atoms with Crippen LogP contribution in [0.5, 0.6) is 0 Å². The second kappa shape index (κ2) is 5.66. The number of pyridine rings is 1. The summed E-state index contributed by atoms with van der Waals surface area (Å²) in [5.74, 6) is 0.0534. The third kappa shape index (κ3) is 2.69. The molecular formula is C17H20N4O. The summed E-state index contributed by atoms with van der Waals surface area (Å²) in [5, 5.41) is 7.61. The van der Waals surface area contributed by atoms with Crippen LogP contribution in [0, 0.1) is 0 Å². The number of carbonyl (C=O) groups excluding carboxylic acids is 1. The number of nitrogens with zero attached hydrogens (tertiary/aromatic N) is 2. The highest BCUT2D eigenvalue weighted by molar-refractivity contribution is 6.01. The van der Waals surface area contributed by atoms with Crippen LogP contribution in [0.15, 0.2) is 36.5 Å². The number of anilines is 1. The van der Waals surface area contributed by atoms with Gasteiger partial charge in [0.2, 0.25) is 5.91 Å². The minimum absolute atomic E-state index is 0.0534. The summed E-state index contributed by atoms with van der Waals surface area (Å²) in [6.07, 6.45) is 4.24. The Balaban J connectivity index is 1.45. The SMILES string of the molecule is O=C(CN1CC2CCC(C1)N2)Nc1cccc2ncccc12. The summed E-state index contributed by atoms with van der Waals surface area (Å²) in [6, 6.07) is 10.8. The van der Waals surface area contributed by atoms with Gasteiger partial charge in [0, 0.05) is 36.8 Å². The molecule has 0 aliphatic carbocycles. The van der Waals surface area contributed by atoms with E-state index in [1.54, 1.807) is 6.20 Å². The Morgan fingerprint density at radius 2 is 2.05 bits per heavy atom. The van der Waals surface area contributed by atoms with Crippen LogP contribution in [0.4, 0.5) is 5.69 Å². The van der Waals surface area contributed by atoms with Crippen molar-refractivity contribution in [1.29, 1.82) is 0 Å². The molecule has 1 amide bonds. The van der Waals surface area contributed by atoms with Crippen LogP contribution in [0.3, 0.4) is 0 Å². The lowest BCUT2D eigenvalue weighted by Gasteiger charge is -2.32. The van der Waals surface area contributed by atoms with Gasteiger partial charge >= 0.3 is 0 Å². The molecule has 0 radical (unpaired) electrons. The average Bonchev–Trinajstić information content (AvgIpc) is 2.86. The third-order valence-electron chi connectivity index (χ3n) is 4.58. The van der Waals surface area contributed by atoms with Crippen molar-refractivity contribution in [2.75, 3.05) is 25.0 Å². The monoisotopic (exact) mass is 296 g/mol. The lowest BCUT2D eigenvalue weighted by Crippen LogP contribution is -2.52. The molecule has 2 N–H and O–H groups in total. The first-order chi connectivity index (χ1) is 10.8. The Morgan fingerprint density at radius 1 is 1.23 bits per heavy atom. The van der Waals surface area contributed by atoms with Crippen molar-refractivity contribution in [2.45, 2.75) is 24.9 Å². The maximum absolute atomic E-state index is 12.4. The molecule has 5 nitrogen and oxygen atoms in total. The van der Waals surface area contributed by atoms with E-state index in [0.29, 0.717) is 18.6 Å². The fourth-order valence-electron chi connectivity index (χ4n) is 3.62. The van der Waals surface area contributed by atoms with Gasteiger partial charge in [0.15, 0.2) is 0 Å². The molecule has 1 aromatic carbocycles. The van der Waals surface area contributed by atoms with E-state index < -0.39 is 0 Å². The highest BCUT2D eigenvalue weighted by atomic mass is 16.2. The summed E-state index contributed by atoms with van der Waals surface area (Å²) in [6.45, 7) is 2.41. The van der Waals surface area contributed by atoms with Gasteiger partial charge in [-0.05, 0) is 37.1 Å². The van der Waals surface area contributed by atoms with E-state index in [4.69, 9.17) is 0 Å². The Bertz CT molecular complexity index is 685. The predicted molar refractivity (Wildman–Crippen MR) is 86.8 cm³/mol. The number of amides is 1. The van der Waals surface area contributed by atoms with Gasteiger partial charge in [-0.1, -0.05) is 6.07 Å². The van der Waals surface area contributed by atoms with Crippen LogP contribution < -0.4 is 10.6 Å². The first-order valence-corrected chi connectivity index (χ1v) is 7.90. The van der Waals surface area contributed by atoms with Gasteiger partial charge in [-0.15, -0.1) is 0 Å². The third-order valence-corrected chi connectivity index (χ3v) is 4.58. The maximum Gasteiger partial charge on any atom is 0.238 e. The molecular weight excluding hydrogens is 276 g/mol. The highest BCUT2D eigenvalue weighted by Crippen LogP contribution is 2.22. The largest absolute Gasteiger partial charge is 0.324 e. The van der Waals surface area contributed by atoms with Crippen LogP contribution in [0.2, 0.25) is 0 Å². The van der Waals surface area contributed by atoms with Gasteiger partial charge in [0.05, 0.1) is 17.7 Å². The van der Waals surface area contributed by atoms with Crippen LogP contribution in [-0.2, 0) is 4.79 Å². The van der Waals surface area contributed by atoms with Crippen LogP contribution in [0.1, 0.15) is 12.8 Å². The maximum atomic E-state index is 12.4. The van der Waals surface area contributed by atoms with Crippen molar-refractivity contribution in [3.05, 3.63) is 36.5 Å². The van der Waals surface area contributed by atoms with E-state index in [-0.39, 0.29) is 5.91 Å². The summed E-state index contributed by atoms with van der Waals surface area (Å²) >= 11 is 0. The minimum atomic E-state index is 0.0534. The van der Waals surface area contributed by atoms with E-state index >= 15 is 0 Å². The number of carbonyl (C=O) groups is 1. The minimum Gasteiger partial charge on any atom is -0.324 e. The summed E-state index contributed by atoms with van der Waals surface area (Å²) < 4.78 is 0. The molecule has 2 aliphatic heterocycles. The zero-order chi connectivity index (χ0) is 14.9. The van der Waals surface area contributed by atoms with Crippen molar-refractivity contribution >= 4 is 22.5 Å². The number of rotatable bonds is 3. The van der Waals surface area contributed by atoms with Crippen molar-refractivity contribution < 1.29 is 4.79 Å². The topological polar surface area (TPSA) is 57.3 Å². The molecule has 2 aliphatic rings. The van der Waals surface area contributed by atoms with E-state index in [9.17, 15) is 4.79 Å². The fourth-order valence-corrected chi connectivity index (χ4v) is 3.62. The normalized spacial score (nSPS) is 24.5. The zero-order valence-corrected chi connectivity index (χ0v) is 12.5. The number of benzene rings is 1. The van der Waals surface area contributed by atoms with Gasteiger partial charge in [0.1, 0.15) is 0 Å². The fraction of sp³-hybridized carbons (Fsp3) is 0.412. The van der Waals surface area contributed by atoms with Gasteiger partial charge in [-0.2, -0.15) is 0 Å². The van der Waals surface area contributed by atoms with Crippen molar-refractivity contribution in [3.63, 3.8) is 0 Å². The number of nitrogens with one attached hydrogen (secondary N) is 2. The van der Waals surface area contributed by atoms with Gasteiger partial charge in [-0.3, -0.25) is 14.7 Å². The van der Waals surface area contributed by atoms with E-state index in [1.807, 2.05) is 30.3 Å². The van der Waals surface area contributed by atoms with Gasteiger partial charge in [-0.25, -0.2) is 0 Å². The lowest BCUT2D eigenvalue weighted by molar-refractivity contribution is -0.117. The Kier molecular flexibility index (Phi) is 3.52. The Morgan fingerprint density at radius 3 is 2.86 bits per heavy atom. The van der Waals surface area contributed by atoms with Crippen molar-refractivity contribution in [1.82, 2.24) is 15.2 Å². The number of hydrogen-bond acceptors (Lipinski definition) is 4. The predicted octanol–water partition coefficient (Wildman–Crippen LogP) is 1.61. The van der Waals surface area contributed by atoms with Crippen molar-refractivity contribution in [2.24, 2.45) is 0 Å². The molecule has 2 unspecified atom stereocenters. The average molecular weight is 296 g/mol. The standard InChI is InChI=1S/C17H20N4O/c22-17(11-21-9-12-6-7-13(10-21)19-12)20-16-5-1-4-15-14(16)3-2-8-18-15/h1-5,8,12-13,19H,6-7,9-11H2,(H,20,22). The van der Waals surface area contributed by atoms with Crippen molar-refractivity contribution in [3.8, 4) is 0 Å². The number of likely N-dealkylation sites (tertiary alicyclic amines) is 1. The zero-order valence-electron chi connectivity index (χ0n) is 12.5. The quantitative estimate of drug-likeness (QED) is 0.903. The van der Waals surface area contributed by atoms with Crippen LogP contribution in [0.25, 0.3) is 10.9 Å². The number of fused-ring (bicyclic) bond motifs is 3. The lowest BCUT2D eigenvalue weighted by atomic mass is 10.2. The first kappa shape index (κ1) is 13.7. The molecule has 0 spiro atoms. The number of piperazine rings is 1. The smallest absolute Gasteiger partial charge is 0.238 e. The molecule has 2 atom stereocenters. The first-order valence-electron chi connectivity index (χ1n) is 7.90. The molecule has 5 heteroatoms. The summed E-state index contributed by atoms with van der Waals surface area (Å²) in [7, 11) is 0. The molecule has 2 saturated heterocycles. The summed E-state index contributed by atoms with van der Waals surface area (Å²) in [4.78, 5) is 18.9. The molecule has 1 aromatic heterocycles. The second-order valence-corrected chi connectivity index (χ2v) is 6.26. The Labute approximate surface area is 129 Å². The molecule has 4 rings (SSSR count). The molecule has 0 saturated carbocycles. The number of hydrogen-bond donors (Lipinski definition) is 2. The second-order valence-electron chi connectivity index (χ2n) is 6.26. The molecule has 22 heavy (non-hydrogen) atoms. The van der Waals surface area contributed by atoms with Gasteiger partial charge in [0.25, 0.3) is 0 Å². The number of aromatic nitrogens is 1. The molecule has 2 fully saturated rings. The molecule has 3 heterocycles. The summed E-state index contributed by atoms with van der Waals surface area (Å²) in [5.41, 5.74) is 1.74.